The molecular formula is C16H17N3O2. The van der Waals surface area contributed by atoms with Gasteiger partial charge in [-0.15, -0.1) is 0 Å². The normalized spacial score (nSPS) is 9.76. The maximum absolute atomic E-state index is 8.78. The number of nitriles is 1. The molecule has 0 amide bonds. The molecule has 108 valence electrons. The summed E-state index contributed by atoms with van der Waals surface area (Å²) in [6.45, 7) is 5.04. The number of rotatable bonds is 6. The van der Waals surface area contributed by atoms with Crippen LogP contribution in [0.5, 0.6) is 11.5 Å². The fourth-order valence-corrected chi connectivity index (χ4v) is 1.82. The smallest absolute Gasteiger partial charge is 0.143 e. The second-order valence-electron chi connectivity index (χ2n) is 4.19. The van der Waals surface area contributed by atoms with E-state index in [2.05, 4.69) is 10.3 Å². The van der Waals surface area contributed by atoms with E-state index < -0.39 is 0 Å². The molecule has 0 aliphatic carbocycles. The molecule has 2 rings (SSSR count). The first-order chi connectivity index (χ1) is 10.3. The van der Waals surface area contributed by atoms with E-state index in [9.17, 15) is 0 Å². The molecule has 5 nitrogen and oxygen atoms in total. The number of nitrogens with zero attached hydrogens (tertiary/aromatic N) is 2. The van der Waals surface area contributed by atoms with Crippen molar-refractivity contribution in [2.24, 2.45) is 0 Å². The zero-order valence-electron chi connectivity index (χ0n) is 12.1. The van der Waals surface area contributed by atoms with E-state index in [0.717, 1.165) is 17.2 Å². The number of hydrogen-bond acceptors (Lipinski definition) is 5. The summed E-state index contributed by atoms with van der Waals surface area (Å²) in [4.78, 5) is 4.19. The summed E-state index contributed by atoms with van der Waals surface area (Å²) in [7, 11) is 0. The van der Waals surface area contributed by atoms with Crippen LogP contribution in [0.15, 0.2) is 36.5 Å². The Balaban J connectivity index is 2.26. The molecule has 0 fully saturated rings. The van der Waals surface area contributed by atoms with Crippen LogP contribution in [-0.2, 0) is 0 Å². The number of pyridine rings is 1. The number of ether oxygens (including phenoxy) is 2. The van der Waals surface area contributed by atoms with Crippen molar-refractivity contribution in [2.45, 2.75) is 13.8 Å². The van der Waals surface area contributed by atoms with Crippen LogP contribution in [-0.4, -0.2) is 18.2 Å². The van der Waals surface area contributed by atoms with Crippen LogP contribution < -0.4 is 14.8 Å². The van der Waals surface area contributed by atoms with Gasteiger partial charge in [-0.05, 0) is 38.1 Å². The van der Waals surface area contributed by atoms with Crippen LogP contribution in [0.2, 0.25) is 0 Å². The van der Waals surface area contributed by atoms with Gasteiger partial charge in [-0.1, -0.05) is 0 Å². The third-order valence-electron chi connectivity index (χ3n) is 2.72. The van der Waals surface area contributed by atoms with Gasteiger partial charge in [0.2, 0.25) is 0 Å². The van der Waals surface area contributed by atoms with Crippen LogP contribution in [0.1, 0.15) is 19.4 Å². The molecule has 0 saturated heterocycles. The van der Waals surface area contributed by atoms with Gasteiger partial charge in [0.25, 0.3) is 0 Å². The summed E-state index contributed by atoms with van der Waals surface area (Å²) < 4.78 is 11.1. The number of anilines is 2. The lowest BCUT2D eigenvalue weighted by atomic mass is 10.2. The summed E-state index contributed by atoms with van der Waals surface area (Å²) in [5.41, 5.74) is 1.30. The lowest BCUT2D eigenvalue weighted by Gasteiger charge is -2.13. The standard InChI is InChI=1S/C16H17N3O2/c1-3-20-13-6-7-15(21-4-2)14(9-13)19-16-8-5-12(10-17)11-18-16/h5-9,11H,3-4H2,1-2H3,(H,18,19). The number of nitrogens with one attached hydrogen (secondary N) is 1. The second kappa shape index (κ2) is 7.15. The van der Waals surface area contributed by atoms with E-state index in [1.807, 2.05) is 38.1 Å². The molecule has 2 aromatic rings. The first kappa shape index (κ1) is 14.7. The zero-order valence-corrected chi connectivity index (χ0v) is 12.1. The second-order valence-corrected chi connectivity index (χ2v) is 4.19. The van der Waals surface area contributed by atoms with Gasteiger partial charge in [0.1, 0.15) is 23.4 Å². The molecule has 0 unspecified atom stereocenters. The van der Waals surface area contributed by atoms with Gasteiger partial charge in [-0.3, -0.25) is 0 Å². The van der Waals surface area contributed by atoms with E-state index in [-0.39, 0.29) is 0 Å². The van der Waals surface area contributed by atoms with E-state index in [0.29, 0.717) is 24.6 Å². The highest BCUT2D eigenvalue weighted by atomic mass is 16.5. The third kappa shape index (κ3) is 3.86. The van der Waals surface area contributed by atoms with Gasteiger partial charge >= 0.3 is 0 Å². The lowest BCUT2D eigenvalue weighted by Crippen LogP contribution is -2.00. The van der Waals surface area contributed by atoms with Gasteiger partial charge in [-0.2, -0.15) is 5.26 Å². The lowest BCUT2D eigenvalue weighted by molar-refractivity contribution is 0.332. The number of benzene rings is 1. The van der Waals surface area contributed by atoms with E-state index in [1.54, 1.807) is 12.1 Å². The van der Waals surface area contributed by atoms with Crippen molar-refractivity contribution >= 4 is 11.5 Å². The van der Waals surface area contributed by atoms with Crippen molar-refractivity contribution < 1.29 is 9.47 Å². The predicted molar refractivity (Wildman–Crippen MR) is 81.0 cm³/mol. The Morgan fingerprint density at radius 2 is 1.95 bits per heavy atom. The highest BCUT2D eigenvalue weighted by Crippen LogP contribution is 2.31. The van der Waals surface area contributed by atoms with Crippen LogP contribution in [0.3, 0.4) is 0 Å². The molecule has 1 aromatic heterocycles. The quantitative estimate of drug-likeness (QED) is 0.879. The molecule has 5 heteroatoms. The molecule has 1 heterocycles. The summed E-state index contributed by atoms with van der Waals surface area (Å²) in [5, 5.41) is 12.0. The Kier molecular flexibility index (Phi) is 4.99. The maximum atomic E-state index is 8.78. The van der Waals surface area contributed by atoms with Gasteiger partial charge in [-0.25, -0.2) is 4.98 Å². The molecule has 0 aliphatic rings. The van der Waals surface area contributed by atoms with Gasteiger partial charge < -0.3 is 14.8 Å². The molecule has 1 N–H and O–H groups in total. The van der Waals surface area contributed by atoms with Gasteiger partial charge in [0.15, 0.2) is 0 Å². The van der Waals surface area contributed by atoms with Crippen molar-refractivity contribution in [3.8, 4) is 17.6 Å². The molecule has 1 aromatic carbocycles. The first-order valence-corrected chi connectivity index (χ1v) is 6.79. The number of aromatic nitrogens is 1. The maximum Gasteiger partial charge on any atom is 0.143 e. The summed E-state index contributed by atoms with van der Waals surface area (Å²) in [5.74, 6) is 2.13. The van der Waals surface area contributed by atoms with Crippen LogP contribution in [0, 0.1) is 11.3 Å². The van der Waals surface area contributed by atoms with Crippen LogP contribution in [0.4, 0.5) is 11.5 Å². The van der Waals surface area contributed by atoms with Crippen LogP contribution in [0.25, 0.3) is 0 Å². The minimum absolute atomic E-state index is 0.522. The fraction of sp³-hybridized carbons (Fsp3) is 0.250. The molecule has 0 bridgehead atoms. The van der Waals surface area contributed by atoms with Crippen molar-refractivity contribution in [3.05, 3.63) is 42.1 Å². The molecule has 0 aliphatic heterocycles. The Bertz CT molecular complexity index is 633. The highest BCUT2D eigenvalue weighted by molar-refractivity contribution is 5.66. The summed E-state index contributed by atoms with van der Waals surface area (Å²) >= 11 is 0. The summed E-state index contributed by atoms with van der Waals surface area (Å²) in [6.07, 6.45) is 1.52. The van der Waals surface area contributed by atoms with Crippen molar-refractivity contribution in [3.63, 3.8) is 0 Å². The Morgan fingerprint density at radius 1 is 1.14 bits per heavy atom. The Morgan fingerprint density at radius 3 is 2.57 bits per heavy atom. The minimum Gasteiger partial charge on any atom is -0.494 e. The van der Waals surface area contributed by atoms with E-state index in [4.69, 9.17) is 14.7 Å². The van der Waals surface area contributed by atoms with Gasteiger partial charge in [0.05, 0.1) is 24.5 Å². The monoisotopic (exact) mass is 283 g/mol. The predicted octanol–water partition coefficient (Wildman–Crippen LogP) is 3.49. The average molecular weight is 283 g/mol. The topological polar surface area (TPSA) is 67.2 Å². The molecule has 0 radical (unpaired) electrons. The average Bonchev–Trinajstić information content (AvgIpc) is 2.51. The Labute approximate surface area is 124 Å². The number of hydrogen-bond donors (Lipinski definition) is 1. The largest absolute Gasteiger partial charge is 0.494 e. The van der Waals surface area contributed by atoms with Gasteiger partial charge in [0, 0.05) is 12.3 Å². The molecule has 21 heavy (non-hydrogen) atoms. The van der Waals surface area contributed by atoms with E-state index >= 15 is 0 Å². The molecule has 0 atom stereocenters. The molecule has 0 saturated carbocycles. The first-order valence-electron chi connectivity index (χ1n) is 6.79. The Hall–Kier alpha value is -2.74. The van der Waals surface area contributed by atoms with Crippen molar-refractivity contribution in [1.29, 1.82) is 5.26 Å². The van der Waals surface area contributed by atoms with Crippen molar-refractivity contribution in [1.82, 2.24) is 4.98 Å². The zero-order chi connectivity index (χ0) is 15.1. The molecular weight excluding hydrogens is 266 g/mol. The van der Waals surface area contributed by atoms with E-state index in [1.165, 1.54) is 6.20 Å². The minimum atomic E-state index is 0.522. The fourth-order valence-electron chi connectivity index (χ4n) is 1.82. The highest BCUT2D eigenvalue weighted by Gasteiger charge is 2.07. The summed E-state index contributed by atoms with van der Waals surface area (Å²) in [6, 6.07) is 11.1. The van der Waals surface area contributed by atoms with Crippen LogP contribution >= 0.6 is 0 Å². The molecule has 0 spiro atoms. The SMILES string of the molecule is CCOc1ccc(OCC)c(Nc2ccc(C#N)cn2)c1. The third-order valence-corrected chi connectivity index (χ3v) is 2.72. The van der Waals surface area contributed by atoms with Crippen molar-refractivity contribution in [2.75, 3.05) is 18.5 Å².